The number of halogens is 1. The molecule has 0 saturated carbocycles. The molecule has 0 saturated heterocycles. The van der Waals surface area contributed by atoms with Crippen LogP contribution in [-0.4, -0.2) is 0 Å². The molecule has 0 nitrogen and oxygen atoms in total. The predicted octanol–water partition coefficient (Wildman–Crippen LogP) is -0.236. The summed E-state index contributed by atoms with van der Waals surface area (Å²) in [4.78, 5) is 0. The quantitative estimate of drug-likeness (QED) is 0.558. The maximum atomic E-state index is 3.07. The summed E-state index contributed by atoms with van der Waals surface area (Å²) < 4.78 is 2.71. The Morgan fingerprint density at radius 1 is 1.30 bits per heavy atom. The van der Waals surface area contributed by atoms with Crippen LogP contribution in [0, 0.1) is 5.38 Å². The van der Waals surface area contributed by atoms with Crippen LogP contribution in [0.25, 0.3) is 9.40 Å². The Balaban J connectivity index is 0.000000405. The second-order valence-corrected chi connectivity index (χ2v) is 3.34. The van der Waals surface area contributed by atoms with Crippen LogP contribution < -0.4 is 12.4 Å². The summed E-state index contributed by atoms with van der Waals surface area (Å²) in [5.74, 6) is 0. The Kier molecular flexibility index (Phi) is 4.71. The standard InChI is InChI=1S/C6H3S2.ClH.Zn/c1-3-7-6-2-4-8-5(1)6;;/h1-3H;1H;/p-1. The van der Waals surface area contributed by atoms with Crippen LogP contribution in [0.3, 0.4) is 0 Å². The van der Waals surface area contributed by atoms with E-state index in [1.807, 2.05) is 6.07 Å². The summed E-state index contributed by atoms with van der Waals surface area (Å²) in [6, 6.07) is 4.16. The van der Waals surface area contributed by atoms with E-state index in [-0.39, 0.29) is 31.9 Å². The molecule has 0 aromatic carbocycles. The van der Waals surface area contributed by atoms with E-state index in [1.54, 1.807) is 22.7 Å². The summed E-state index contributed by atoms with van der Waals surface area (Å²) in [5, 5.41) is 5.18. The molecule has 0 spiro atoms. The Morgan fingerprint density at radius 3 is 2.80 bits per heavy atom. The van der Waals surface area contributed by atoms with E-state index in [9.17, 15) is 0 Å². The zero-order valence-corrected chi connectivity index (χ0v) is 10.5. The first-order chi connectivity index (χ1) is 3.97. The van der Waals surface area contributed by atoms with Gasteiger partial charge in [-0.2, -0.15) is 0 Å². The predicted molar refractivity (Wildman–Crippen MR) is 38.5 cm³/mol. The Bertz CT molecular complexity index is 237. The maximum Gasteiger partial charge on any atom is 0.0464 e. The van der Waals surface area contributed by atoms with Crippen LogP contribution in [0.1, 0.15) is 0 Å². The minimum absolute atomic E-state index is 0. The van der Waals surface area contributed by atoms with Crippen LogP contribution in [0.5, 0.6) is 0 Å². The molecule has 0 aliphatic rings. The zero-order valence-electron chi connectivity index (χ0n) is 5.13. The third kappa shape index (κ3) is 1.79. The van der Waals surface area contributed by atoms with Gasteiger partial charge in [-0.1, -0.05) is 0 Å². The average molecular weight is 240 g/mol. The molecule has 0 fully saturated rings. The van der Waals surface area contributed by atoms with E-state index in [2.05, 4.69) is 16.8 Å². The molecule has 2 rings (SSSR count). The first kappa shape index (κ1) is 10.6. The van der Waals surface area contributed by atoms with Crippen molar-refractivity contribution in [3.05, 3.63) is 22.9 Å². The third-order valence-electron chi connectivity index (χ3n) is 1.02. The molecule has 2 aromatic heterocycles. The summed E-state index contributed by atoms with van der Waals surface area (Å²) in [7, 11) is 0. The van der Waals surface area contributed by atoms with Gasteiger partial charge in [-0.15, -0.1) is 22.7 Å². The van der Waals surface area contributed by atoms with E-state index in [4.69, 9.17) is 0 Å². The third-order valence-corrected chi connectivity index (χ3v) is 2.82. The number of hydrogen-bond donors (Lipinski definition) is 0. The minimum atomic E-state index is 0. The van der Waals surface area contributed by atoms with Crippen LogP contribution in [0.15, 0.2) is 17.5 Å². The van der Waals surface area contributed by atoms with Gasteiger partial charge in [-0.25, -0.2) is 0 Å². The van der Waals surface area contributed by atoms with Gasteiger partial charge in [0.1, 0.15) is 0 Å². The summed E-state index contributed by atoms with van der Waals surface area (Å²) >= 11 is 3.45. The molecule has 1 radical (unpaired) electrons. The molecule has 2 heterocycles. The van der Waals surface area contributed by atoms with Crippen molar-refractivity contribution in [3.63, 3.8) is 0 Å². The van der Waals surface area contributed by atoms with E-state index in [1.165, 1.54) is 9.40 Å². The Morgan fingerprint density at radius 2 is 2.10 bits per heavy atom. The zero-order chi connectivity index (χ0) is 5.40. The average Bonchev–Trinajstić information content (AvgIpc) is 2.15. The topological polar surface area (TPSA) is 0 Å². The van der Waals surface area contributed by atoms with Gasteiger partial charge < -0.3 is 12.4 Å². The molecule has 0 aliphatic heterocycles. The van der Waals surface area contributed by atoms with Crippen LogP contribution in [-0.2, 0) is 19.5 Å². The normalized spacial score (nSPS) is 8.40. The fourth-order valence-electron chi connectivity index (χ4n) is 0.645. The molecule has 10 heavy (non-hydrogen) atoms. The SMILES string of the molecule is [Cl-].[Zn].[c]1cc2sccc2s1. The fraction of sp³-hybridized carbons (Fsp3) is 0. The molecule has 0 atom stereocenters. The van der Waals surface area contributed by atoms with Gasteiger partial charge in [0.05, 0.1) is 0 Å². The van der Waals surface area contributed by atoms with Gasteiger partial charge in [-0.3, -0.25) is 0 Å². The molecule has 0 amide bonds. The van der Waals surface area contributed by atoms with Gasteiger partial charge in [-0.05, 0) is 17.5 Å². The molecular weight excluding hydrogens is 237 g/mol. The summed E-state index contributed by atoms with van der Waals surface area (Å²) in [6.07, 6.45) is 0. The van der Waals surface area contributed by atoms with Gasteiger partial charge in [0.25, 0.3) is 0 Å². The van der Waals surface area contributed by atoms with Crippen LogP contribution in [0.4, 0.5) is 0 Å². The van der Waals surface area contributed by atoms with Crippen molar-refractivity contribution >= 4 is 32.1 Å². The van der Waals surface area contributed by atoms with Crippen molar-refractivity contribution in [2.75, 3.05) is 0 Å². The van der Waals surface area contributed by atoms with Crippen LogP contribution in [0.2, 0.25) is 0 Å². The monoisotopic (exact) mass is 238 g/mol. The Hall–Kier alpha value is 0.573. The largest absolute Gasteiger partial charge is 1.00 e. The molecular formula is C6H3ClS2Zn-. The molecule has 0 bridgehead atoms. The fourth-order valence-corrected chi connectivity index (χ4v) is 2.34. The van der Waals surface area contributed by atoms with E-state index < -0.39 is 0 Å². The molecule has 0 aliphatic carbocycles. The van der Waals surface area contributed by atoms with Gasteiger partial charge >= 0.3 is 0 Å². The van der Waals surface area contributed by atoms with E-state index in [0.29, 0.717) is 0 Å². The van der Waals surface area contributed by atoms with Crippen molar-refractivity contribution in [3.8, 4) is 0 Å². The first-order valence-corrected chi connectivity index (χ1v) is 3.99. The summed E-state index contributed by atoms with van der Waals surface area (Å²) in [6.45, 7) is 0. The van der Waals surface area contributed by atoms with Crippen LogP contribution >= 0.6 is 22.7 Å². The second kappa shape index (κ2) is 4.45. The molecule has 0 unspecified atom stereocenters. The molecule has 0 N–H and O–H groups in total. The number of thiophene rings is 2. The van der Waals surface area contributed by atoms with Crippen molar-refractivity contribution in [2.24, 2.45) is 0 Å². The van der Waals surface area contributed by atoms with Crippen molar-refractivity contribution in [2.45, 2.75) is 0 Å². The van der Waals surface area contributed by atoms with Crippen molar-refractivity contribution in [1.29, 1.82) is 0 Å². The Labute approximate surface area is 86.4 Å². The van der Waals surface area contributed by atoms with Crippen molar-refractivity contribution in [1.82, 2.24) is 0 Å². The second-order valence-electron chi connectivity index (χ2n) is 1.51. The molecule has 49 valence electrons. The number of fused-ring (bicyclic) bond motifs is 1. The smallest absolute Gasteiger partial charge is 0.0464 e. The van der Waals surface area contributed by atoms with E-state index in [0.717, 1.165) is 0 Å². The summed E-state index contributed by atoms with van der Waals surface area (Å²) in [5.41, 5.74) is 0. The number of rotatable bonds is 0. The van der Waals surface area contributed by atoms with E-state index >= 15 is 0 Å². The molecule has 2 aromatic rings. The minimum Gasteiger partial charge on any atom is -1.00 e. The maximum absolute atomic E-state index is 3.07. The van der Waals surface area contributed by atoms with Gasteiger partial charge in [0.15, 0.2) is 0 Å². The number of hydrogen-bond acceptors (Lipinski definition) is 2. The van der Waals surface area contributed by atoms with Gasteiger partial charge in [0.2, 0.25) is 0 Å². The molecule has 4 heteroatoms. The van der Waals surface area contributed by atoms with Gasteiger partial charge in [0, 0.05) is 34.3 Å². The first-order valence-electron chi connectivity index (χ1n) is 2.30. The van der Waals surface area contributed by atoms with Crippen molar-refractivity contribution < 1.29 is 31.9 Å².